The van der Waals surface area contributed by atoms with Crippen molar-refractivity contribution in [3.63, 3.8) is 0 Å². The second-order valence-corrected chi connectivity index (χ2v) is 4.92. The van der Waals surface area contributed by atoms with E-state index in [2.05, 4.69) is 41.2 Å². The fourth-order valence-corrected chi connectivity index (χ4v) is 1.85. The third-order valence-corrected chi connectivity index (χ3v) is 2.84. The van der Waals surface area contributed by atoms with Crippen LogP contribution in [0.25, 0.3) is 0 Å². The van der Waals surface area contributed by atoms with Gasteiger partial charge in [0.2, 0.25) is 0 Å². The number of aryl methyl sites for hydroxylation is 1. The van der Waals surface area contributed by atoms with Gasteiger partial charge < -0.3 is 10.2 Å². The van der Waals surface area contributed by atoms with Gasteiger partial charge in [-0.2, -0.15) is 0 Å². The van der Waals surface area contributed by atoms with E-state index >= 15 is 0 Å². The first-order chi connectivity index (χ1) is 7.93. The molecular weight excluding hydrogens is 236 g/mol. The van der Waals surface area contributed by atoms with Gasteiger partial charge in [-0.25, -0.2) is 9.97 Å². The monoisotopic (exact) mass is 256 g/mol. The third-order valence-electron chi connectivity index (χ3n) is 2.47. The summed E-state index contributed by atoms with van der Waals surface area (Å²) in [5.41, 5.74) is 0.912. The average molecular weight is 257 g/mol. The van der Waals surface area contributed by atoms with Crippen LogP contribution in [-0.2, 0) is 6.42 Å². The van der Waals surface area contributed by atoms with E-state index < -0.39 is 0 Å². The zero-order valence-corrected chi connectivity index (χ0v) is 12.0. The first-order valence-electron chi connectivity index (χ1n) is 5.88. The highest BCUT2D eigenvalue weighted by atomic mass is 35.5. The lowest BCUT2D eigenvalue weighted by molar-refractivity contribution is 0.391. The summed E-state index contributed by atoms with van der Waals surface area (Å²) >= 11 is 6.09. The molecule has 96 valence electrons. The van der Waals surface area contributed by atoms with Gasteiger partial charge in [-0.05, 0) is 27.9 Å². The second-order valence-electron chi connectivity index (χ2n) is 4.57. The number of aromatic nitrogens is 2. The predicted octanol–water partition coefficient (Wildman–Crippen LogP) is 2.36. The number of nitrogens with zero attached hydrogens (tertiary/aromatic N) is 3. The summed E-state index contributed by atoms with van der Waals surface area (Å²) in [5.74, 6) is 1.62. The van der Waals surface area contributed by atoms with Crippen LogP contribution in [0.5, 0.6) is 0 Å². The van der Waals surface area contributed by atoms with Gasteiger partial charge in [0.05, 0.1) is 0 Å². The molecule has 0 aliphatic heterocycles. The summed E-state index contributed by atoms with van der Waals surface area (Å²) < 4.78 is 0. The summed E-state index contributed by atoms with van der Waals surface area (Å²) in [6.45, 7) is 7.03. The van der Waals surface area contributed by atoms with Crippen molar-refractivity contribution in [1.29, 1.82) is 0 Å². The molecule has 17 heavy (non-hydrogen) atoms. The van der Waals surface area contributed by atoms with Crippen LogP contribution in [0.3, 0.4) is 0 Å². The highest BCUT2D eigenvalue weighted by Crippen LogP contribution is 2.20. The SMILES string of the molecule is CCc1nc(Cl)c(C)c(NC(C)CN(C)C)n1. The second kappa shape index (κ2) is 6.17. The molecule has 0 amide bonds. The number of hydrogen-bond donors (Lipinski definition) is 1. The van der Waals surface area contributed by atoms with Gasteiger partial charge in [0.15, 0.2) is 0 Å². The topological polar surface area (TPSA) is 41.1 Å². The van der Waals surface area contributed by atoms with E-state index in [1.54, 1.807) is 0 Å². The highest BCUT2D eigenvalue weighted by molar-refractivity contribution is 6.30. The molecule has 1 N–H and O–H groups in total. The van der Waals surface area contributed by atoms with Crippen LogP contribution in [0, 0.1) is 6.92 Å². The van der Waals surface area contributed by atoms with E-state index in [4.69, 9.17) is 11.6 Å². The van der Waals surface area contributed by atoms with Gasteiger partial charge in [0.25, 0.3) is 0 Å². The molecule has 1 aromatic heterocycles. The minimum atomic E-state index is 0.319. The third kappa shape index (κ3) is 4.13. The van der Waals surface area contributed by atoms with Gasteiger partial charge in [-0.1, -0.05) is 18.5 Å². The summed E-state index contributed by atoms with van der Waals surface area (Å²) in [6, 6.07) is 0.319. The molecule has 1 heterocycles. The molecule has 4 nitrogen and oxygen atoms in total. The van der Waals surface area contributed by atoms with Crippen molar-refractivity contribution >= 4 is 17.4 Å². The number of nitrogens with one attached hydrogen (secondary N) is 1. The van der Waals surface area contributed by atoms with Gasteiger partial charge in [-0.15, -0.1) is 0 Å². The van der Waals surface area contributed by atoms with Crippen LogP contribution in [0.1, 0.15) is 25.2 Å². The van der Waals surface area contributed by atoms with Gasteiger partial charge >= 0.3 is 0 Å². The maximum atomic E-state index is 6.09. The van der Waals surface area contributed by atoms with E-state index in [0.29, 0.717) is 11.2 Å². The quantitative estimate of drug-likeness (QED) is 0.822. The Hall–Kier alpha value is -0.870. The average Bonchev–Trinajstić information content (AvgIpc) is 2.23. The molecule has 0 saturated carbocycles. The number of anilines is 1. The number of rotatable bonds is 5. The first-order valence-corrected chi connectivity index (χ1v) is 6.26. The van der Waals surface area contributed by atoms with Crippen molar-refractivity contribution in [2.45, 2.75) is 33.2 Å². The summed E-state index contributed by atoms with van der Waals surface area (Å²) in [5, 5.41) is 3.92. The molecule has 0 spiro atoms. The van der Waals surface area contributed by atoms with Crippen LogP contribution < -0.4 is 5.32 Å². The molecule has 0 aliphatic rings. The Balaban J connectivity index is 2.86. The smallest absolute Gasteiger partial charge is 0.137 e. The molecule has 5 heteroatoms. The van der Waals surface area contributed by atoms with E-state index in [1.165, 1.54) is 0 Å². The predicted molar refractivity (Wildman–Crippen MR) is 72.8 cm³/mol. The Morgan fingerprint density at radius 2 is 2.00 bits per heavy atom. The van der Waals surface area contributed by atoms with Crippen LogP contribution in [0.15, 0.2) is 0 Å². The fourth-order valence-electron chi connectivity index (χ4n) is 1.66. The largest absolute Gasteiger partial charge is 0.366 e. The van der Waals surface area contributed by atoms with E-state index in [-0.39, 0.29) is 0 Å². The zero-order chi connectivity index (χ0) is 13.0. The minimum absolute atomic E-state index is 0.319. The minimum Gasteiger partial charge on any atom is -0.366 e. The van der Waals surface area contributed by atoms with Crippen LogP contribution in [0.2, 0.25) is 5.15 Å². The molecule has 0 saturated heterocycles. The molecule has 0 bridgehead atoms. The fraction of sp³-hybridized carbons (Fsp3) is 0.667. The van der Waals surface area contributed by atoms with E-state index in [1.807, 2.05) is 13.8 Å². The summed E-state index contributed by atoms with van der Waals surface area (Å²) in [7, 11) is 4.10. The number of likely N-dealkylation sites (N-methyl/N-ethyl adjacent to an activating group) is 1. The Labute approximate surface area is 108 Å². The van der Waals surface area contributed by atoms with Crippen LogP contribution in [-0.4, -0.2) is 41.5 Å². The van der Waals surface area contributed by atoms with Gasteiger partial charge in [-0.3, -0.25) is 0 Å². The molecule has 0 radical (unpaired) electrons. The van der Waals surface area contributed by atoms with Crippen molar-refractivity contribution in [2.75, 3.05) is 26.0 Å². The van der Waals surface area contributed by atoms with Gasteiger partial charge in [0, 0.05) is 24.6 Å². The Morgan fingerprint density at radius 1 is 1.35 bits per heavy atom. The van der Waals surface area contributed by atoms with Crippen molar-refractivity contribution in [2.24, 2.45) is 0 Å². The van der Waals surface area contributed by atoms with Crippen LogP contribution >= 0.6 is 11.6 Å². The molecule has 1 aromatic rings. The van der Waals surface area contributed by atoms with Crippen molar-refractivity contribution < 1.29 is 0 Å². The zero-order valence-electron chi connectivity index (χ0n) is 11.2. The lowest BCUT2D eigenvalue weighted by Gasteiger charge is -2.20. The van der Waals surface area contributed by atoms with Crippen LogP contribution in [0.4, 0.5) is 5.82 Å². The lowest BCUT2D eigenvalue weighted by Crippen LogP contribution is -2.30. The number of halogens is 1. The number of hydrogen-bond acceptors (Lipinski definition) is 4. The Bertz CT molecular complexity index is 379. The van der Waals surface area contributed by atoms with Gasteiger partial charge in [0.1, 0.15) is 16.8 Å². The van der Waals surface area contributed by atoms with E-state index in [9.17, 15) is 0 Å². The standard InChI is InChI=1S/C12H21ClN4/c1-6-10-15-11(13)9(3)12(16-10)14-8(2)7-17(4)5/h8H,6-7H2,1-5H3,(H,14,15,16). The summed E-state index contributed by atoms with van der Waals surface area (Å²) in [4.78, 5) is 10.8. The van der Waals surface area contributed by atoms with Crippen molar-refractivity contribution in [3.05, 3.63) is 16.5 Å². The molecular formula is C12H21ClN4. The molecule has 0 aliphatic carbocycles. The van der Waals surface area contributed by atoms with Crippen molar-refractivity contribution in [1.82, 2.24) is 14.9 Å². The molecule has 1 atom stereocenters. The highest BCUT2D eigenvalue weighted by Gasteiger charge is 2.11. The van der Waals surface area contributed by atoms with Crippen molar-refractivity contribution in [3.8, 4) is 0 Å². The molecule has 1 rings (SSSR count). The lowest BCUT2D eigenvalue weighted by atomic mass is 10.2. The molecule has 0 aromatic carbocycles. The molecule has 1 unspecified atom stereocenters. The Morgan fingerprint density at radius 3 is 2.53 bits per heavy atom. The normalized spacial score (nSPS) is 12.9. The van der Waals surface area contributed by atoms with E-state index in [0.717, 1.165) is 30.2 Å². The summed E-state index contributed by atoms with van der Waals surface area (Å²) in [6.07, 6.45) is 0.788. The maximum Gasteiger partial charge on any atom is 0.137 e. The Kier molecular flexibility index (Phi) is 5.15. The first kappa shape index (κ1) is 14.2. The molecule has 0 fully saturated rings. The maximum absolute atomic E-state index is 6.09.